The first-order valence-corrected chi connectivity index (χ1v) is 7.58. The number of aryl methyl sites for hydroxylation is 2. The summed E-state index contributed by atoms with van der Waals surface area (Å²) < 4.78 is 1.90. The highest BCUT2D eigenvalue weighted by Crippen LogP contribution is 2.42. The number of benzene rings is 1. The van der Waals surface area contributed by atoms with Crippen molar-refractivity contribution in [1.82, 2.24) is 15.1 Å². The van der Waals surface area contributed by atoms with E-state index in [1.54, 1.807) is 6.20 Å². The SMILES string of the molecule is CCNC(c1c(Cl)cnn1C)C1CCc2ccccc21. The molecule has 0 spiro atoms. The summed E-state index contributed by atoms with van der Waals surface area (Å²) in [5.41, 5.74) is 4.02. The van der Waals surface area contributed by atoms with Crippen LogP contribution >= 0.6 is 11.6 Å². The van der Waals surface area contributed by atoms with E-state index in [0.717, 1.165) is 23.7 Å². The summed E-state index contributed by atoms with van der Waals surface area (Å²) in [4.78, 5) is 0. The van der Waals surface area contributed by atoms with Gasteiger partial charge in [0.05, 0.1) is 23.0 Å². The molecule has 0 fully saturated rings. The van der Waals surface area contributed by atoms with Gasteiger partial charge in [-0.15, -0.1) is 0 Å². The Labute approximate surface area is 124 Å². The van der Waals surface area contributed by atoms with Gasteiger partial charge in [-0.25, -0.2) is 0 Å². The van der Waals surface area contributed by atoms with E-state index in [1.165, 1.54) is 17.5 Å². The Kier molecular flexibility index (Phi) is 3.81. The Bertz CT molecular complexity index is 586. The molecule has 0 amide bonds. The summed E-state index contributed by atoms with van der Waals surface area (Å²) in [6.45, 7) is 3.06. The molecule has 1 aliphatic rings. The molecule has 1 aliphatic carbocycles. The second kappa shape index (κ2) is 5.58. The van der Waals surface area contributed by atoms with E-state index in [1.807, 2.05) is 11.7 Å². The van der Waals surface area contributed by atoms with Crippen LogP contribution in [-0.4, -0.2) is 16.3 Å². The number of aromatic nitrogens is 2. The Morgan fingerprint density at radius 3 is 2.95 bits per heavy atom. The number of fused-ring (bicyclic) bond motifs is 1. The first-order chi connectivity index (χ1) is 9.72. The molecule has 1 aromatic carbocycles. The highest BCUT2D eigenvalue weighted by Gasteiger charge is 2.32. The number of nitrogens with one attached hydrogen (secondary N) is 1. The zero-order chi connectivity index (χ0) is 14.1. The Hall–Kier alpha value is -1.32. The summed E-state index contributed by atoms with van der Waals surface area (Å²) in [6, 6.07) is 8.97. The van der Waals surface area contributed by atoms with E-state index >= 15 is 0 Å². The summed E-state index contributed by atoms with van der Waals surface area (Å²) in [5, 5.41) is 8.65. The van der Waals surface area contributed by atoms with E-state index in [-0.39, 0.29) is 6.04 Å². The Morgan fingerprint density at radius 1 is 1.45 bits per heavy atom. The topological polar surface area (TPSA) is 29.9 Å². The van der Waals surface area contributed by atoms with Gasteiger partial charge in [0, 0.05) is 13.0 Å². The van der Waals surface area contributed by atoms with Gasteiger partial charge in [-0.3, -0.25) is 4.68 Å². The third-order valence-electron chi connectivity index (χ3n) is 4.24. The summed E-state index contributed by atoms with van der Waals surface area (Å²) >= 11 is 6.36. The van der Waals surface area contributed by atoms with Gasteiger partial charge in [-0.1, -0.05) is 42.8 Å². The van der Waals surface area contributed by atoms with Crippen LogP contribution in [0.4, 0.5) is 0 Å². The van der Waals surface area contributed by atoms with Crippen LogP contribution < -0.4 is 5.32 Å². The fourth-order valence-electron chi connectivity index (χ4n) is 3.36. The van der Waals surface area contributed by atoms with Gasteiger partial charge in [0.15, 0.2) is 0 Å². The second-order valence-electron chi connectivity index (χ2n) is 5.38. The van der Waals surface area contributed by atoms with Crippen LogP contribution in [-0.2, 0) is 13.5 Å². The molecule has 0 bridgehead atoms. The first kappa shape index (κ1) is 13.7. The van der Waals surface area contributed by atoms with E-state index in [2.05, 4.69) is 41.6 Å². The molecule has 1 aromatic heterocycles. The summed E-state index contributed by atoms with van der Waals surface area (Å²) in [5.74, 6) is 0.471. The average Bonchev–Trinajstić information content (AvgIpc) is 3.01. The molecule has 1 heterocycles. The molecule has 0 radical (unpaired) electrons. The maximum absolute atomic E-state index is 6.36. The third kappa shape index (κ3) is 2.25. The third-order valence-corrected chi connectivity index (χ3v) is 4.53. The van der Waals surface area contributed by atoms with Gasteiger partial charge >= 0.3 is 0 Å². The molecule has 0 saturated heterocycles. The van der Waals surface area contributed by atoms with Crippen molar-refractivity contribution >= 4 is 11.6 Å². The molecular formula is C16H20ClN3. The average molecular weight is 290 g/mol. The molecule has 106 valence electrons. The highest BCUT2D eigenvalue weighted by atomic mass is 35.5. The summed E-state index contributed by atoms with van der Waals surface area (Å²) in [6.07, 6.45) is 4.05. The maximum atomic E-state index is 6.36. The quantitative estimate of drug-likeness (QED) is 0.934. The normalized spacial score (nSPS) is 19.1. The fourth-order valence-corrected chi connectivity index (χ4v) is 3.64. The molecule has 2 unspecified atom stereocenters. The number of halogens is 1. The lowest BCUT2D eigenvalue weighted by Gasteiger charge is -2.26. The molecule has 20 heavy (non-hydrogen) atoms. The van der Waals surface area contributed by atoms with E-state index < -0.39 is 0 Å². The van der Waals surface area contributed by atoms with Gasteiger partial charge in [-0.2, -0.15) is 5.10 Å². The minimum Gasteiger partial charge on any atom is -0.308 e. The molecule has 4 heteroatoms. The number of hydrogen-bond donors (Lipinski definition) is 1. The van der Waals surface area contributed by atoms with Crippen molar-refractivity contribution in [3.63, 3.8) is 0 Å². The van der Waals surface area contributed by atoms with Gasteiger partial charge in [0.25, 0.3) is 0 Å². The van der Waals surface area contributed by atoms with Crippen molar-refractivity contribution in [2.24, 2.45) is 7.05 Å². The first-order valence-electron chi connectivity index (χ1n) is 7.21. The maximum Gasteiger partial charge on any atom is 0.0834 e. The van der Waals surface area contributed by atoms with Crippen LogP contribution in [0.5, 0.6) is 0 Å². The number of nitrogens with zero attached hydrogens (tertiary/aromatic N) is 2. The standard InChI is InChI=1S/C16H20ClN3/c1-3-18-15(16-14(17)10-19-20(16)2)13-9-8-11-6-4-5-7-12(11)13/h4-7,10,13,15,18H,3,8-9H2,1-2H3. The van der Waals surface area contributed by atoms with Crippen molar-refractivity contribution in [3.8, 4) is 0 Å². The molecule has 2 aromatic rings. The lowest BCUT2D eigenvalue weighted by molar-refractivity contribution is 0.427. The predicted molar refractivity (Wildman–Crippen MR) is 82.1 cm³/mol. The highest BCUT2D eigenvalue weighted by molar-refractivity contribution is 6.31. The molecule has 2 atom stereocenters. The molecule has 3 nitrogen and oxygen atoms in total. The largest absolute Gasteiger partial charge is 0.308 e. The predicted octanol–water partition coefficient (Wildman–Crippen LogP) is 3.45. The summed E-state index contributed by atoms with van der Waals surface area (Å²) in [7, 11) is 1.96. The Balaban J connectivity index is 2.01. The minimum absolute atomic E-state index is 0.226. The van der Waals surface area contributed by atoms with Crippen LogP contribution in [0, 0.1) is 0 Å². The van der Waals surface area contributed by atoms with Crippen LogP contribution in [0.15, 0.2) is 30.5 Å². The van der Waals surface area contributed by atoms with Crippen LogP contribution in [0.1, 0.15) is 42.1 Å². The van der Waals surface area contributed by atoms with Gasteiger partial charge in [0.1, 0.15) is 0 Å². The van der Waals surface area contributed by atoms with Gasteiger partial charge in [0.2, 0.25) is 0 Å². The molecule has 0 saturated carbocycles. The molecule has 0 aliphatic heterocycles. The van der Waals surface area contributed by atoms with E-state index in [0.29, 0.717) is 5.92 Å². The monoisotopic (exact) mass is 289 g/mol. The number of rotatable bonds is 4. The van der Waals surface area contributed by atoms with Crippen molar-refractivity contribution in [1.29, 1.82) is 0 Å². The van der Waals surface area contributed by atoms with Crippen molar-refractivity contribution in [2.45, 2.75) is 31.7 Å². The fraction of sp³-hybridized carbons (Fsp3) is 0.438. The molecular weight excluding hydrogens is 270 g/mol. The van der Waals surface area contributed by atoms with Crippen molar-refractivity contribution < 1.29 is 0 Å². The number of hydrogen-bond acceptors (Lipinski definition) is 2. The van der Waals surface area contributed by atoms with Crippen LogP contribution in [0.25, 0.3) is 0 Å². The van der Waals surface area contributed by atoms with Gasteiger partial charge < -0.3 is 5.32 Å². The van der Waals surface area contributed by atoms with Crippen molar-refractivity contribution in [2.75, 3.05) is 6.54 Å². The lowest BCUT2D eigenvalue weighted by Crippen LogP contribution is -2.28. The smallest absolute Gasteiger partial charge is 0.0834 e. The second-order valence-corrected chi connectivity index (χ2v) is 5.79. The van der Waals surface area contributed by atoms with Crippen molar-refractivity contribution in [3.05, 3.63) is 52.3 Å². The lowest BCUT2D eigenvalue weighted by atomic mass is 9.91. The van der Waals surface area contributed by atoms with Crippen LogP contribution in [0.2, 0.25) is 5.02 Å². The van der Waals surface area contributed by atoms with Gasteiger partial charge in [-0.05, 0) is 30.5 Å². The van der Waals surface area contributed by atoms with Crippen LogP contribution in [0.3, 0.4) is 0 Å². The minimum atomic E-state index is 0.226. The van der Waals surface area contributed by atoms with E-state index in [9.17, 15) is 0 Å². The molecule has 1 N–H and O–H groups in total. The van der Waals surface area contributed by atoms with E-state index in [4.69, 9.17) is 11.6 Å². The zero-order valence-electron chi connectivity index (χ0n) is 11.9. The Morgan fingerprint density at radius 2 is 2.25 bits per heavy atom. The molecule has 3 rings (SSSR count). The number of likely N-dealkylation sites (N-methyl/N-ethyl adjacent to an activating group) is 1. The zero-order valence-corrected chi connectivity index (χ0v) is 12.7.